The maximum Gasteiger partial charge on any atom is 0.262 e. The lowest BCUT2D eigenvalue weighted by atomic mass is 9.99. The number of fused-ring (bicyclic) bond motifs is 2. The Morgan fingerprint density at radius 2 is 1.91 bits per heavy atom. The lowest BCUT2D eigenvalue weighted by molar-refractivity contribution is -0.116. The Balaban J connectivity index is 1.54. The van der Waals surface area contributed by atoms with Crippen LogP contribution in [0.5, 0.6) is 0 Å². The van der Waals surface area contributed by atoms with Crippen LogP contribution in [0.15, 0.2) is 52.4 Å². The molecule has 1 aliphatic heterocycles. The largest absolute Gasteiger partial charge is 0.326 e. The van der Waals surface area contributed by atoms with Gasteiger partial charge in [0.25, 0.3) is 5.56 Å². The topological polar surface area (TPSA) is 84.3 Å². The van der Waals surface area contributed by atoms with Crippen molar-refractivity contribution >= 4 is 40.0 Å². The number of hydrogen-bond acceptors (Lipinski definition) is 6. The smallest absolute Gasteiger partial charge is 0.262 e. The van der Waals surface area contributed by atoms with E-state index in [2.05, 4.69) is 24.1 Å². The molecule has 34 heavy (non-hydrogen) atoms. The van der Waals surface area contributed by atoms with Crippen LogP contribution < -0.4 is 10.9 Å². The molecule has 2 heterocycles. The van der Waals surface area contributed by atoms with Crippen LogP contribution in [-0.2, 0) is 17.8 Å². The van der Waals surface area contributed by atoms with E-state index in [1.165, 1.54) is 11.8 Å². The Morgan fingerprint density at radius 1 is 1.12 bits per heavy atom. The summed E-state index contributed by atoms with van der Waals surface area (Å²) in [5.74, 6) is 0.164. The van der Waals surface area contributed by atoms with E-state index >= 15 is 0 Å². The quantitative estimate of drug-likeness (QED) is 0.270. The van der Waals surface area contributed by atoms with Crippen LogP contribution in [0.3, 0.4) is 0 Å². The van der Waals surface area contributed by atoms with E-state index in [0.29, 0.717) is 41.0 Å². The van der Waals surface area contributed by atoms with Gasteiger partial charge in [-0.3, -0.25) is 19.0 Å². The van der Waals surface area contributed by atoms with Crippen molar-refractivity contribution in [1.29, 1.82) is 0 Å². The molecular weight excluding hydrogens is 448 g/mol. The number of aryl methyl sites for hydroxylation is 1. The highest BCUT2D eigenvalue weighted by Gasteiger charge is 2.18. The molecule has 0 spiro atoms. The second-order valence-electron chi connectivity index (χ2n) is 8.38. The third-order valence-electron chi connectivity index (χ3n) is 6.23. The number of anilines is 1. The third-order valence-corrected chi connectivity index (χ3v) is 7.21. The zero-order valence-corrected chi connectivity index (χ0v) is 20.5. The summed E-state index contributed by atoms with van der Waals surface area (Å²) >= 11 is 1.31. The summed E-state index contributed by atoms with van der Waals surface area (Å²) in [7, 11) is 0. The second-order valence-corrected chi connectivity index (χ2v) is 9.32. The van der Waals surface area contributed by atoms with Crippen LogP contribution in [0, 0.1) is 0 Å². The zero-order valence-electron chi connectivity index (χ0n) is 19.7. The maximum atomic E-state index is 13.2. The molecular formula is C26H30N4O3S. The van der Waals surface area contributed by atoms with Gasteiger partial charge in [0.05, 0.1) is 16.7 Å². The van der Waals surface area contributed by atoms with Gasteiger partial charge in [0, 0.05) is 24.2 Å². The molecule has 1 aromatic heterocycles. The van der Waals surface area contributed by atoms with Crippen molar-refractivity contribution in [2.24, 2.45) is 0 Å². The minimum Gasteiger partial charge on any atom is -0.326 e. The van der Waals surface area contributed by atoms with Crippen LogP contribution in [-0.4, -0.2) is 51.5 Å². The van der Waals surface area contributed by atoms with E-state index in [4.69, 9.17) is 4.98 Å². The third kappa shape index (κ3) is 5.39. The number of rotatable bonds is 10. The normalized spacial score (nSPS) is 13.2. The Hall–Kier alpha value is -2.97. The molecule has 1 aliphatic rings. The number of Topliss-reactive ketones (excluding diaryl/α,β-unsaturated/α-hetero) is 1. The highest BCUT2D eigenvalue weighted by molar-refractivity contribution is 7.99. The number of benzene rings is 2. The SMILES string of the molecule is CCN(CC)CCCn1c(SCC(=O)c2ccc3c(c2)CCC(=O)N3)nc2ccccc2c1=O. The van der Waals surface area contributed by atoms with E-state index in [1.54, 1.807) is 22.8 Å². The monoisotopic (exact) mass is 478 g/mol. The summed E-state index contributed by atoms with van der Waals surface area (Å²) in [6, 6.07) is 12.8. The summed E-state index contributed by atoms with van der Waals surface area (Å²) in [6.07, 6.45) is 1.90. The molecule has 1 amide bonds. The van der Waals surface area contributed by atoms with Gasteiger partial charge in [-0.15, -0.1) is 0 Å². The van der Waals surface area contributed by atoms with Crippen molar-refractivity contribution in [3.05, 3.63) is 63.9 Å². The van der Waals surface area contributed by atoms with Crippen molar-refractivity contribution in [3.63, 3.8) is 0 Å². The van der Waals surface area contributed by atoms with Crippen LogP contribution in [0.1, 0.15) is 42.6 Å². The van der Waals surface area contributed by atoms with Gasteiger partial charge in [-0.25, -0.2) is 4.98 Å². The number of hydrogen-bond donors (Lipinski definition) is 1. The predicted molar refractivity (Wildman–Crippen MR) is 137 cm³/mol. The summed E-state index contributed by atoms with van der Waals surface area (Å²) in [5.41, 5.74) is 2.95. The zero-order chi connectivity index (χ0) is 24.1. The average molecular weight is 479 g/mol. The van der Waals surface area contributed by atoms with Crippen molar-refractivity contribution in [3.8, 4) is 0 Å². The molecule has 0 unspecified atom stereocenters. The number of carbonyl (C=O) groups is 2. The van der Waals surface area contributed by atoms with Gasteiger partial charge in [-0.2, -0.15) is 0 Å². The first-order valence-corrected chi connectivity index (χ1v) is 12.8. The fourth-order valence-electron chi connectivity index (χ4n) is 4.22. The highest BCUT2D eigenvalue weighted by Crippen LogP contribution is 2.25. The van der Waals surface area contributed by atoms with Gasteiger partial charge in [0.1, 0.15) is 0 Å². The number of aromatic nitrogens is 2. The van der Waals surface area contributed by atoms with E-state index < -0.39 is 0 Å². The first-order chi connectivity index (χ1) is 16.5. The van der Waals surface area contributed by atoms with E-state index in [0.717, 1.165) is 37.3 Å². The minimum atomic E-state index is -0.0652. The standard InChI is InChI=1S/C26H30N4O3S/c1-3-29(4-2)14-7-15-30-25(33)20-8-5-6-9-22(20)28-26(30)34-17-23(31)19-10-12-21-18(16-19)11-13-24(32)27-21/h5-6,8-10,12,16H,3-4,7,11,13-15,17H2,1-2H3,(H,27,32). The van der Waals surface area contributed by atoms with E-state index in [1.807, 2.05) is 24.3 Å². The fourth-order valence-corrected chi connectivity index (χ4v) is 5.14. The molecule has 4 rings (SSSR count). The maximum absolute atomic E-state index is 13.2. The van der Waals surface area contributed by atoms with Crippen molar-refractivity contribution < 1.29 is 9.59 Å². The molecule has 0 radical (unpaired) electrons. The van der Waals surface area contributed by atoms with Gasteiger partial charge in [-0.05, 0) is 68.4 Å². The molecule has 0 saturated carbocycles. The molecule has 178 valence electrons. The second kappa shape index (κ2) is 11.0. The van der Waals surface area contributed by atoms with Crippen LogP contribution >= 0.6 is 11.8 Å². The summed E-state index contributed by atoms with van der Waals surface area (Å²) < 4.78 is 1.71. The molecule has 7 nitrogen and oxygen atoms in total. The van der Waals surface area contributed by atoms with Gasteiger partial charge in [0.2, 0.25) is 5.91 Å². The van der Waals surface area contributed by atoms with Gasteiger partial charge < -0.3 is 10.2 Å². The van der Waals surface area contributed by atoms with Gasteiger partial charge >= 0.3 is 0 Å². The Bertz CT molecular complexity index is 1270. The molecule has 8 heteroatoms. The van der Waals surface area contributed by atoms with Gasteiger partial charge in [-0.1, -0.05) is 37.7 Å². The molecule has 1 N–H and O–H groups in total. The number of nitrogens with zero attached hydrogens (tertiary/aromatic N) is 3. The Labute approximate surface area is 203 Å². The lowest BCUT2D eigenvalue weighted by Crippen LogP contribution is -2.28. The van der Waals surface area contributed by atoms with E-state index in [-0.39, 0.29) is 23.0 Å². The van der Waals surface area contributed by atoms with Crippen molar-refractivity contribution in [2.75, 3.05) is 30.7 Å². The molecule has 3 aromatic rings. The van der Waals surface area contributed by atoms with Crippen LogP contribution in [0.2, 0.25) is 0 Å². The number of para-hydroxylation sites is 1. The number of amides is 1. The molecule has 0 saturated heterocycles. The molecule has 2 aromatic carbocycles. The van der Waals surface area contributed by atoms with Gasteiger partial charge in [0.15, 0.2) is 10.9 Å². The predicted octanol–water partition coefficient (Wildman–Crippen LogP) is 3.99. The van der Waals surface area contributed by atoms with Crippen LogP contribution in [0.25, 0.3) is 10.9 Å². The van der Waals surface area contributed by atoms with Crippen molar-refractivity contribution in [2.45, 2.75) is 44.8 Å². The highest BCUT2D eigenvalue weighted by atomic mass is 32.2. The first-order valence-electron chi connectivity index (χ1n) is 11.8. The number of carbonyl (C=O) groups excluding carboxylic acids is 2. The number of nitrogens with one attached hydrogen (secondary N) is 1. The Morgan fingerprint density at radius 3 is 2.71 bits per heavy atom. The summed E-state index contributed by atoms with van der Waals surface area (Å²) in [4.78, 5) is 44.9. The average Bonchev–Trinajstić information content (AvgIpc) is 2.86. The first kappa shape index (κ1) is 24.2. The fraction of sp³-hybridized carbons (Fsp3) is 0.385. The summed E-state index contributed by atoms with van der Waals surface area (Å²) in [5, 5.41) is 4.01. The van der Waals surface area contributed by atoms with Crippen LogP contribution in [0.4, 0.5) is 5.69 Å². The minimum absolute atomic E-state index is 0.00322. The number of thioether (sulfide) groups is 1. The summed E-state index contributed by atoms with van der Waals surface area (Å²) in [6.45, 7) is 7.68. The molecule has 0 atom stereocenters. The van der Waals surface area contributed by atoms with Crippen molar-refractivity contribution in [1.82, 2.24) is 14.5 Å². The Kier molecular flexibility index (Phi) is 7.80. The molecule has 0 aliphatic carbocycles. The molecule has 0 bridgehead atoms. The molecule has 0 fully saturated rings. The number of ketones is 1. The lowest BCUT2D eigenvalue weighted by Gasteiger charge is -2.19. The van der Waals surface area contributed by atoms with E-state index in [9.17, 15) is 14.4 Å².